The maximum absolute atomic E-state index is 11.8. The fraction of sp³-hybridized carbons (Fsp3) is 0.167. The summed E-state index contributed by atoms with van der Waals surface area (Å²) in [4.78, 5) is 18.5. The zero-order valence-electron chi connectivity index (χ0n) is 8.60. The number of aromatic nitrogens is 2. The molecule has 0 radical (unpaired) electrons. The number of hydrogen-bond acceptors (Lipinski definition) is 3. The van der Waals surface area contributed by atoms with Gasteiger partial charge in [0.1, 0.15) is 5.82 Å². The summed E-state index contributed by atoms with van der Waals surface area (Å²) in [5.74, 6) is 0.811. The number of hydrogen-bond donors (Lipinski definition) is 2. The third-order valence-electron chi connectivity index (χ3n) is 2.91. The number of H-pyrrole nitrogens is 1. The molecule has 0 bridgehead atoms. The van der Waals surface area contributed by atoms with Crippen LogP contribution in [0.5, 0.6) is 0 Å². The molecule has 0 fully saturated rings. The van der Waals surface area contributed by atoms with E-state index in [1.807, 2.05) is 30.3 Å². The Labute approximate surface area is 92.4 Å². The van der Waals surface area contributed by atoms with Crippen LogP contribution >= 0.6 is 0 Å². The van der Waals surface area contributed by atoms with E-state index in [2.05, 4.69) is 15.3 Å². The van der Waals surface area contributed by atoms with Crippen molar-refractivity contribution in [2.24, 2.45) is 0 Å². The molecule has 0 aliphatic carbocycles. The highest BCUT2D eigenvalue weighted by Crippen LogP contribution is 2.31. The van der Waals surface area contributed by atoms with Crippen molar-refractivity contribution in [3.8, 4) is 0 Å². The SMILES string of the molecule is O=c1[nH]cnc2c1[C@@H](c1ccccc1)CN2. The highest BCUT2D eigenvalue weighted by atomic mass is 16.1. The summed E-state index contributed by atoms with van der Waals surface area (Å²) in [5, 5.41) is 3.16. The lowest BCUT2D eigenvalue weighted by atomic mass is 9.95. The van der Waals surface area contributed by atoms with Crippen LogP contribution in [0.15, 0.2) is 41.5 Å². The first-order valence-corrected chi connectivity index (χ1v) is 5.22. The van der Waals surface area contributed by atoms with E-state index in [9.17, 15) is 4.79 Å². The Morgan fingerprint density at radius 1 is 1.25 bits per heavy atom. The molecule has 2 heterocycles. The van der Waals surface area contributed by atoms with Crippen molar-refractivity contribution in [1.29, 1.82) is 0 Å². The number of anilines is 1. The second kappa shape index (κ2) is 3.48. The monoisotopic (exact) mass is 213 g/mol. The van der Waals surface area contributed by atoms with Crippen molar-refractivity contribution in [1.82, 2.24) is 9.97 Å². The van der Waals surface area contributed by atoms with Gasteiger partial charge in [0.15, 0.2) is 0 Å². The predicted octanol–water partition coefficient (Wildman–Crippen LogP) is 1.33. The van der Waals surface area contributed by atoms with Crippen LogP contribution in [0.1, 0.15) is 17.0 Å². The molecular formula is C12H11N3O. The van der Waals surface area contributed by atoms with Crippen molar-refractivity contribution in [2.75, 3.05) is 11.9 Å². The third-order valence-corrected chi connectivity index (χ3v) is 2.91. The molecular weight excluding hydrogens is 202 g/mol. The molecule has 1 aliphatic heterocycles. The zero-order valence-corrected chi connectivity index (χ0v) is 8.60. The molecule has 3 rings (SSSR count). The van der Waals surface area contributed by atoms with E-state index in [1.165, 1.54) is 6.33 Å². The van der Waals surface area contributed by atoms with E-state index in [4.69, 9.17) is 0 Å². The van der Waals surface area contributed by atoms with Gasteiger partial charge in [0.25, 0.3) is 5.56 Å². The van der Waals surface area contributed by atoms with Crippen LogP contribution in [0.3, 0.4) is 0 Å². The van der Waals surface area contributed by atoms with Crippen LogP contribution in [-0.4, -0.2) is 16.5 Å². The summed E-state index contributed by atoms with van der Waals surface area (Å²) in [5.41, 5.74) is 1.84. The Morgan fingerprint density at radius 2 is 2.06 bits per heavy atom. The van der Waals surface area contributed by atoms with Gasteiger partial charge in [0, 0.05) is 12.5 Å². The Hall–Kier alpha value is -2.10. The normalized spacial score (nSPS) is 17.9. The van der Waals surface area contributed by atoms with Crippen LogP contribution in [0.4, 0.5) is 5.82 Å². The molecule has 4 nitrogen and oxygen atoms in total. The third kappa shape index (κ3) is 1.31. The van der Waals surface area contributed by atoms with Gasteiger partial charge in [-0.3, -0.25) is 4.79 Å². The van der Waals surface area contributed by atoms with Gasteiger partial charge in [-0.05, 0) is 5.56 Å². The molecule has 0 unspecified atom stereocenters. The molecule has 0 saturated carbocycles. The maximum atomic E-state index is 11.8. The van der Waals surface area contributed by atoms with E-state index in [1.54, 1.807) is 0 Å². The van der Waals surface area contributed by atoms with E-state index in [0.29, 0.717) is 5.82 Å². The first kappa shape index (κ1) is 9.15. The molecule has 0 saturated heterocycles. The molecule has 1 aromatic carbocycles. The molecule has 2 aromatic rings. The zero-order chi connectivity index (χ0) is 11.0. The number of rotatable bonds is 1. The van der Waals surface area contributed by atoms with E-state index >= 15 is 0 Å². The van der Waals surface area contributed by atoms with Gasteiger partial charge in [0.05, 0.1) is 11.9 Å². The largest absolute Gasteiger partial charge is 0.369 e. The lowest BCUT2D eigenvalue weighted by Crippen LogP contribution is -2.15. The molecule has 4 heteroatoms. The molecule has 0 amide bonds. The summed E-state index contributed by atoms with van der Waals surface area (Å²) >= 11 is 0. The lowest BCUT2D eigenvalue weighted by Gasteiger charge is -2.08. The number of nitrogens with one attached hydrogen (secondary N) is 2. The quantitative estimate of drug-likeness (QED) is 0.751. The minimum Gasteiger partial charge on any atom is -0.369 e. The Balaban J connectivity index is 2.14. The Bertz CT molecular complexity index is 562. The van der Waals surface area contributed by atoms with Crippen molar-refractivity contribution in [3.05, 3.63) is 58.1 Å². The molecule has 80 valence electrons. The average molecular weight is 213 g/mol. The van der Waals surface area contributed by atoms with Gasteiger partial charge in [-0.15, -0.1) is 0 Å². The number of nitrogens with zero attached hydrogens (tertiary/aromatic N) is 1. The molecule has 1 aliphatic rings. The van der Waals surface area contributed by atoms with Gasteiger partial charge in [-0.1, -0.05) is 30.3 Å². The topological polar surface area (TPSA) is 57.8 Å². The Kier molecular flexibility index (Phi) is 1.99. The standard InChI is InChI=1S/C12H11N3O/c16-12-10-9(8-4-2-1-3-5-8)6-13-11(10)14-7-15-12/h1-5,7,9H,6H2,(H2,13,14,15,16)/t9-/m1/s1. The van der Waals surface area contributed by atoms with Gasteiger partial charge in [-0.2, -0.15) is 0 Å². The van der Waals surface area contributed by atoms with Gasteiger partial charge < -0.3 is 10.3 Å². The summed E-state index contributed by atoms with van der Waals surface area (Å²) in [6.45, 7) is 0.736. The summed E-state index contributed by atoms with van der Waals surface area (Å²) in [7, 11) is 0. The van der Waals surface area contributed by atoms with Crippen LogP contribution in [0.25, 0.3) is 0 Å². The second-order valence-electron chi connectivity index (χ2n) is 3.84. The van der Waals surface area contributed by atoms with Gasteiger partial charge >= 0.3 is 0 Å². The highest BCUT2D eigenvalue weighted by molar-refractivity contribution is 5.54. The number of benzene rings is 1. The maximum Gasteiger partial charge on any atom is 0.256 e. The van der Waals surface area contributed by atoms with Gasteiger partial charge in [-0.25, -0.2) is 4.98 Å². The van der Waals surface area contributed by atoms with E-state index < -0.39 is 0 Å². The van der Waals surface area contributed by atoms with Crippen LogP contribution in [0.2, 0.25) is 0 Å². The van der Waals surface area contributed by atoms with E-state index in [-0.39, 0.29) is 11.5 Å². The van der Waals surface area contributed by atoms with E-state index in [0.717, 1.165) is 17.7 Å². The van der Waals surface area contributed by atoms with Crippen molar-refractivity contribution in [3.63, 3.8) is 0 Å². The first-order valence-electron chi connectivity index (χ1n) is 5.22. The molecule has 16 heavy (non-hydrogen) atoms. The second-order valence-corrected chi connectivity index (χ2v) is 3.84. The summed E-state index contributed by atoms with van der Waals surface area (Å²) in [6.07, 6.45) is 1.43. The highest BCUT2D eigenvalue weighted by Gasteiger charge is 2.27. The van der Waals surface area contributed by atoms with Crippen molar-refractivity contribution in [2.45, 2.75) is 5.92 Å². The molecule has 1 aromatic heterocycles. The first-order chi connectivity index (χ1) is 7.86. The average Bonchev–Trinajstić information content (AvgIpc) is 2.75. The fourth-order valence-corrected chi connectivity index (χ4v) is 2.15. The lowest BCUT2D eigenvalue weighted by molar-refractivity contribution is 0.887. The van der Waals surface area contributed by atoms with Gasteiger partial charge in [0.2, 0.25) is 0 Å². The van der Waals surface area contributed by atoms with Crippen molar-refractivity contribution < 1.29 is 0 Å². The van der Waals surface area contributed by atoms with Crippen molar-refractivity contribution >= 4 is 5.82 Å². The minimum absolute atomic E-state index is 0.0520. The number of fused-ring (bicyclic) bond motifs is 1. The molecule has 1 atom stereocenters. The predicted molar refractivity (Wildman–Crippen MR) is 61.6 cm³/mol. The van der Waals surface area contributed by atoms with Crippen LogP contribution in [0, 0.1) is 0 Å². The molecule has 0 spiro atoms. The van der Waals surface area contributed by atoms with Crippen LogP contribution in [-0.2, 0) is 0 Å². The summed E-state index contributed by atoms with van der Waals surface area (Å²) < 4.78 is 0. The minimum atomic E-state index is -0.0520. The molecule has 2 N–H and O–H groups in total. The number of aromatic amines is 1. The van der Waals surface area contributed by atoms with Crippen LogP contribution < -0.4 is 10.9 Å². The summed E-state index contributed by atoms with van der Waals surface area (Å²) in [6, 6.07) is 10.0. The Morgan fingerprint density at radius 3 is 2.88 bits per heavy atom. The fourth-order valence-electron chi connectivity index (χ4n) is 2.15. The smallest absolute Gasteiger partial charge is 0.256 e.